The number of carbonyl (C=O) groups is 2. The monoisotopic (exact) mass is 857 g/mol. The SMILES string of the molecule is COc1cc(C(=O)N2CCC2CO[Si](C)(C)C(C)(C)C)c([N+](=O)[O-])cc1CCCCCCOc1cc([N+](=O)[O-])c(C(=O)C2CC[C@H]2CO[Si](C)(C)C(C)(C)C)cc1OC. The van der Waals surface area contributed by atoms with Crippen LogP contribution in [0.2, 0.25) is 36.3 Å². The van der Waals surface area contributed by atoms with Gasteiger partial charge in [0.1, 0.15) is 11.3 Å². The molecule has 14 nitrogen and oxygen atoms in total. The quantitative estimate of drug-likeness (QED) is 0.0385. The topological polar surface area (TPSA) is 170 Å². The van der Waals surface area contributed by atoms with Gasteiger partial charge in [0.25, 0.3) is 17.3 Å². The lowest BCUT2D eigenvalue weighted by Gasteiger charge is -2.44. The molecule has 1 saturated heterocycles. The van der Waals surface area contributed by atoms with Gasteiger partial charge in [-0.25, -0.2) is 0 Å². The zero-order valence-corrected chi connectivity index (χ0v) is 39.4. The molecule has 2 unspecified atom stereocenters. The Morgan fingerprint density at radius 2 is 1.29 bits per heavy atom. The minimum absolute atomic E-state index is 0.0109. The van der Waals surface area contributed by atoms with Crippen molar-refractivity contribution >= 4 is 39.7 Å². The number of ether oxygens (including phenoxy) is 3. The van der Waals surface area contributed by atoms with Crippen LogP contribution in [0, 0.1) is 32.1 Å². The fraction of sp³-hybridized carbons (Fsp3) is 0.674. The number of amides is 1. The van der Waals surface area contributed by atoms with Crippen LogP contribution in [0.1, 0.15) is 113 Å². The van der Waals surface area contributed by atoms with Crippen molar-refractivity contribution < 1.29 is 42.5 Å². The molecule has 59 heavy (non-hydrogen) atoms. The van der Waals surface area contributed by atoms with Gasteiger partial charge in [-0.05, 0) is 80.7 Å². The van der Waals surface area contributed by atoms with E-state index in [2.05, 4.69) is 67.7 Å². The molecule has 1 heterocycles. The van der Waals surface area contributed by atoms with Crippen LogP contribution in [0.25, 0.3) is 0 Å². The normalized spacial score (nSPS) is 18.4. The van der Waals surface area contributed by atoms with Crippen molar-refractivity contribution in [1.29, 1.82) is 0 Å². The summed E-state index contributed by atoms with van der Waals surface area (Å²) in [6.07, 6.45) is 5.66. The van der Waals surface area contributed by atoms with Gasteiger partial charge in [0.05, 0.1) is 55.0 Å². The molecule has 2 aromatic rings. The van der Waals surface area contributed by atoms with E-state index in [-0.39, 0.29) is 74.3 Å². The van der Waals surface area contributed by atoms with Gasteiger partial charge < -0.3 is 28.0 Å². The number of rotatable bonds is 21. The average molecular weight is 858 g/mol. The number of nitrogens with zero attached hydrogens (tertiary/aromatic N) is 3. The summed E-state index contributed by atoms with van der Waals surface area (Å²) in [5.41, 5.74) is 0.130. The summed E-state index contributed by atoms with van der Waals surface area (Å²) in [6.45, 7) is 23.3. The molecular weight excluding hydrogens is 791 g/mol. The number of hydrogen-bond acceptors (Lipinski definition) is 11. The predicted octanol–water partition coefficient (Wildman–Crippen LogP) is 10.2. The van der Waals surface area contributed by atoms with Gasteiger partial charge in [0.2, 0.25) is 0 Å². The van der Waals surface area contributed by atoms with Crippen molar-refractivity contribution in [2.24, 2.45) is 11.8 Å². The van der Waals surface area contributed by atoms with Crippen molar-refractivity contribution in [3.8, 4) is 17.2 Å². The molecule has 328 valence electrons. The molecule has 3 atom stereocenters. The van der Waals surface area contributed by atoms with Crippen molar-refractivity contribution in [3.63, 3.8) is 0 Å². The van der Waals surface area contributed by atoms with Gasteiger partial charge >= 0.3 is 0 Å². The number of nitro benzene ring substituents is 2. The van der Waals surface area contributed by atoms with E-state index in [1.807, 2.05) is 0 Å². The molecule has 1 aliphatic heterocycles. The molecule has 0 spiro atoms. The molecule has 16 heteroatoms. The molecule has 1 saturated carbocycles. The summed E-state index contributed by atoms with van der Waals surface area (Å²) in [4.78, 5) is 52.3. The number of benzene rings is 2. The molecule has 1 aliphatic carbocycles. The number of methoxy groups -OCH3 is 2. The molecule has 2 fully saturated rings. The maximum atomic E-state index is 13.7. The third kappa shape index (κ3) is 11.3. The fourth-order valence-corrected chi connectivity index (χ4v) is 8.95. The van der Waals surface area contributed by atoms with Crippen molar-refractivity contribution in [2.75, 3.05) is 40.6 Å². The Hall–Kier alpha value is -3.87. The number of carbonyl (C=O) groups excluding carboxylic acids is 2. The Bertz CT molecular complexity index is 1720. The lowest BCUT2D eigenvalue weighted by Crippen LogP contribution is -2.55. The number of unbranched alkanes of at least 4 members (excludes halogenated alkanes) is 3. The van der Waals surface area contributed by atoms with Gasteiger partial charge in [-0.3, -0.25) is 29.8 Å². The first-order valence-electron chi connectivity index (χ1n) is 20.9. The van der Waals surface area contributed by atoms with Crippen LogP contribution in [-0.2, 0) is 15.3 Å². The number of hydrogen-bond donors (Lipinski definition) is 0. The van der Waals surface area contributed by atoms with Crippen LogP contribution in [-0.4, -0.2) is 89.7 Å². The Labute approximate surface area is 352 Å². The zero-order chi connectivity index (χ0) is 44.1. The van der Waals surface area contributed by atoms with Gasteiger partial charge in [-0.15, -0.1) is 0 Å². The Balaban J connectivity index is 1.32. The minimum Gasteiger partial charge on any atom is -0.496 e. The summed E-state index contributed by atoms with van der Waals surface area (Å²) in [5, 5.41) is 24.5. The fourth-order valence-electron chi connectivity index (χ4n) is 6.85. The van der Waals surface area contributed by atoms with Crippen molar-refractivity contribution in [3.05, 3.63) is 61.2 Å². The summed E-state index contributed by atoms with van der Waals surface area (Å²) >= 11 is 0. The van der Waals surface area contributed by atoms with E-state index in [4.69, 9.17) is 23.1 Å². The maximum Gasteiger partial charge on any atom is 0.284 e. The Kier molecular flexibility index (Phi) is 15.6. The highest BCUT2D eigenvalue weighted by atomic mass is 28.4. The molecule has 0 bridgehead atoms. The van der Waals surface area contributed by atoms with Crippen LogP contribution in [0.4, 0.5) is 11.4 Å². The first-order valence-corrected chi connectivity index (χ1v) is 26.7. The van der Waals surface area contributed by atoms with E-state index in [9.17, 15) is 29.8 Å². The van der Waals surface area contributed by atoms with Crippen LogP contribution in [0.5, 0.6) is 17.2 Å². The molecule has 2 aliphatic rings. The predicted molar refractivity (Wildman–Crippen MR) is 233 cm³/mol. The smallest absolute Gasteiger partial charge is 0.284 e. The third-order valence-corrected chi connectivity index (χ3v) is 22.2. The van der Waals surface area contributed by atoms with Crippen LogP contribution < -0.4 is 14.2 Å². The molecule has 0 aromatic heterocycles. The van der Waals surface area contributed by atoms with E-state index in [0.717, 1.165) is 25.7 Å². The highest BCUT2D eigenvalue weighted by molar-refractivity contribution is 6.74. The van der Waals surface area contributed by atoms with E-state index in [1.165, 1.54) is 38.5 Å². The summed E-state index contributed by atoms with van der Waals surface area (Å²) in [6, 6.07) is 5.53. The number of aryl methyl sites for hydroxylation is 1. The van der Waals surface area contributed by atoms with Crippen molar-refractivity contribution in [1.82, 2.24) is 4.90 Å². The second kappa shape index (κ2) is 19.2. The average Bonchev–Trinajstić information content (AvgIpc) is 3.11. The van der Waals surface area contributed by atoms with Gasteiger partial charge in [-0.1, -0.05) is 54.4 Å². The van der Waals surface area contributed by atoms with Crippen LogP contribution >= 0.6 is 0 Å². The maximum absolute atomic E-state index is 13.7. The zero-order valence-electron chi connectivity index (χ0n) is 37.4. The molecule has 1 amide bonds. The molecular formula is C43H67N3O11Si2. The summed E-state index contributed by atoms with van der Waals surface area (Å²) in [7, 11) is -1.10. The third-order valence-electron chi connectivity index (χ3n) is 13.2. The van der Waals surface area contributed by atoms with Gasteiger partial charge in [-0.2, -0.15) is 0 Å². The number of ketones is 1. The highest BCUT2D eigenvalue weighted by Gasteiger charge is 2.44. The second-order valence-electron chi connectivity index (χ2n) is 19.1. The molecule has 0 N–H and O–H groups in total. The Morgan fingerprint density at radius 1 is 0.729 bits per heavy atom. The number of likely N-dealkylation sites (tertiary alicyclic amines) is 1. The number of Topliss-reactive ketones (excluding diaryl/α,β-unsaturated/α-hetero) is 1. The lowest BCUT2D eigenvalue weighted by molar-refractivity contribution is -0.385. The first kappa shape index (κ1) is 47.8. The number of nitro groups is 2. The van der Waals surface area contributed by atoms with Crippen LogP contribution in [0.15, 0.2) is 24.3 Å². The Morgan fingerprint density at radius 3 is 1.80 bits per heavy atom. The van der Waals surface area contributed by atoms with Crippen LogP contribution in [0.3, 0.4) is 0 Å². The molecule has 2 aromatic carbocycles. The first-order chi connectivity index (χ1) is 27.4. The second-order valence-corrected chi connectivity index (χ2v) is 28.7. The molecule has 0 radical (unpaired) electrons. The van der Waals surface area contributed by atoms with E-state index < -0.39 is 32.4 Å². The lowest BCUT2D eigenvalue weighted by atomic mass is 9.70. The van der Waals surface area contributed by atoms with E-state index in [1.54, 1.807) is 4.90 Å². The van der Waals surface area contributed by atoms with Gasteiger partial charge in [0.15, 0.2) is 33.9 Å². The largest absolute Gasteiger partial charge is 0.496 e. The minimum atomic E-state index is -2.03. The summed E-state index contributed by atoms with van der Waals surface area (Å²) in [5.74, 6) is -0.118. The standard InChI is InChI=1S/C43H67N3O11Si2/c1-42(2,3)58(9,10)56-27-30-18-19-32(30)40(47)33-24-38(54-8)39(26-36(33)46(51)52)55-22-16-14-13-15-17-29-23-35(45(49)50)34(25-37(29)53-7)41(48)44-21-20-31(44)28-57-59(11,12)43(4,5)6/h23-26,30-32H,13-22,27-28H2,1-12H3/t30-,31?,32?/m0/s1. The van der Waals surface area contributed by atoms with Gasteiger partial charge in [0, 0.05) is 42.8 Å². The summed E-state index contributed by atoms with van der Waals surface area (Å²) < 4.78 is 29.9. The van der Waals surface area contributed by atoms with E-state index in [0.29, 0.717) is 56.8 Å². The highest BCUT2D eigenvalue weighted by Crippen LogP contribution is 2.44. The van der Waals surface area contributed by atoms with Crippen molar-refractivity contribution in [2.45, 2.75) is 135 Å². The molecule has 4 rings (SSSR count). The van der Waals surface area contributed by atoms with E-state index >= 15 is 0 Å².